The first-order valence-corrected chi connectivity index (χ1v) is 7.44. The summed E-state index contributed by atoms with van der Waals surface area (Å²) in [7, 11) is 0. The number of benzene rings is 2. The summed E-state index contributed by atoms with van der Waals surface area (Å²) in [5, 5.41) is 0. The third kappa shape index (κ3) is 2.46. The van der Waals surface area contributed by atoms with Crippen LogP contribution in [0.5, 0.6) is 5.75 Å². The van der Waals surface area contributed by atoms with Gasteiger partial charge in [-0.3, -0.25) is 4.79 Å². The average molecular weight is 280 g/mol. The molecule has 0 bridgehead atoms. The molecule has 3 rings (SSSR count). The summed E-state index contributed by atoms with van der Waals surface area (Å²) in [6.45, 7) is 6.23. The van der Waals surface area contributed by atoms with Crippen LogP contribution in [0, 0.1) is 12.8 Å². The molecule has 1 aliphatic heterocycles. The van der Waals surface area contributed by atoms with E-state index in [9.17, 15) is 4.79 Å². The molecule has 2 unspecified atom stereocenters. The molecule has 2 nitrogen and oxygen atoms in total. The van der Waals surface area contributed by atoms with Crippen molar-refractivity contribution in [1.82, 2.24) is 0 Å². The topological polar surface area (TPSA) is 26.3 Å². The summed E-state index contributed by atoms with van der Waals surface area (Å²) in [6, 6.07) is 15.8. The van der Waals surface area contributed by atoms with Crippen LogP contribution in [0.1, 0.15) is 41.3 Å². The maximum absolute atomic E-state index is 13.0. The minimum atomic E-state index is -0.221. The second kappa shape index (κ2) is 5.36. The lowest BCUT2D eigenvalue weighted by molar-refractivity contribution is 0.0679. The molecule has 1 aliphatic rings. The molecule has 21 heavy (non-hydrogen) atoms. The predicted octanol–water partition coefficient (Wildman–Crippen LogP) is 4.38. The van der Waals surface area contributed by atoms with Crippen LogP contribution < -0.4 is 4.74 Å². The Kier molecular flexibility index (Phi) is 3.54. The second-order valence-electron chi connectivity index (χ2n) is 6.08. The second-order valence-corrected chi connectivity index (χ2v) is 6.08. The molecule has 2 aromatic rings. The molecule has 2 atom stereocenters. The maximum atomic E-state index is 13.0. The van der Waals surface area contributed by atoms with Gasteiger partial charge in [-0.15, -0.1) is 0 Å². The molecule has 2 aromatic carbocycles. The van der Waals surface area contributed by atoms with Gasteiger partial charge in [0.2, 0.25) is 0 Å². The van der Waals surface area contributed by atoms with E-state index in [1.807, 2.05) is 55.5 Å². The van der Waals surface area contributed by atoms with Gasteiger partial charge in [-0.25, -0.2) is 0 Å². The van der Waals surface area contributed by atoms with Gasteiger partial charge < -0.3 is 4.74 Å². The summed E-state index contributed by atoms with van der Waals surface area (Å²) in [5.74, 6) is 0.946. The van der Waals surface area contributed by atoms with Gasteiger partial charge in [-0.05, 0) is 36.1 Å². The number of aryl methyl sites for hydroxylation is 1. The fraction of sp³-hybridized carbons (Fsp3) is 0.316. The summed E-state index contributed by atoms with van der Waals surface area (Å²) in [4.78, 5) is 13.0. The average Bonchev–Trinajstić information content (AvgIpc) is 2.47. The minimum absolute atomic E-state index is 0.116. The Morgan fingerprint density at radius 1 is 1.05 bits per heavy atom. The van der Waals surface area contributed by atoms with E-state index in [2.05, 4.69) is 13.8 Å². The highest BCUT2D eigenvalue weighted by molar-refractivity contribution is 6.04. The number of ketones is 1. The summed E-state index contributed by atoms with van der Waals surface area (Å²) in [5.41, 5.74) is 2.85. The Morgan fingerprint density at radius 3 is 2.43 bits per heavy atom. The lowest BCUT2D eigenvalue weighted by atomic mass is 9.79. The van der Waals surface area contributed by atoms with Crippen LogP contribution in [0.25, 0.3) is 0 Å². The number of hydrogen-bond acceptors (Lipinski definition) is 2. The van der Waals surface area contributed by atoms with Gasteiger partial charge in [0, 0.05) is 0 Å². The molecule has 0 amide bonds. The van der Waals surface area contributed by atoms with Crippen LogP contribution in [0.2, 0.25) is 0 Å². The lowest BCUT2D eigenvalue weighted by Gasteiger charge is -2.35. The summed E-state index contributed by atoms with van der Waals surface area (Å²) in [6.07, 6.45) is -0.116. The van der Waals surface area contributed by atoms with E-state index in [4.69, 9.17) is 4.74 Å². The van der Waals surface area contributed by atoms with Crippen molar-refractivity contribution in [2.45, 2.75) is 32.8 Å². The first-order chi connectivity index (χ1) is 10.1. The highest BCUT2D eigenvalue weighted by atomic mass is 16.5. The maximum Gasteiger partial charge on any atom is 0.177 e. The standard InChI is InChI=1S/C19H20O2/c1-12(2)19-17(14-7-5-4-6-8-14)18(20)15-10-9-13(3)11-16(15)21-19/h4-12,17,19H,1-3H3. The zero-order valence-electron chi connectivity index (χ0n) is 12.7. The Bertz CT molecular complexity index is 659. The molecule has 0 fully saturated rings. The van der Waals surface area contributed by atoms with Crippen LogP contribution in [0.15, 0.2) is 48.5 Å². The molecule has 0 radical (unpaired) electrons. The van der Waals surface area contributed by atoms with Gasteiger partial charge in [0.05, 0.1) is 11.5 Å². The van der Waals surface area contributed by atoms with Crippen LogP contribution >= 0.6 is 0 Å². The normalized spacial score (nSPS) is 21.0. The summed E-state index contributed by atoms with van der Waals surface area (Å²) >= 11 is 0. The third-order valence-corrected chi connectivity index (χ3v) is 4.09. The monoisotopic (exact) mass is 280 g/mol. The van der Waals surface area contributed by atoms with E-state index in [-0.39, 0.29) is 23.7 Å². The number of Topliss-reactive ketones (excluding diaryl/α,β-unsaturated/α-hetero) is 1. The SMILES string of the molecule is Cc1ccc2c(c1)OC(C(C)C)C(c1ccccc1)C2=O. The van der Waals surface area contributed by atoms with Gasteiger partial charge >= 0.3 is 0 Å². The molecule has 0 aromatic heterocycles. The molecule has 0 saturated carbocycles. The van der Waals surface area contributed by atoms with Crippen LogP contribution in [0.4, 0.5) is 0 Å². The molecule has 0 saturated heterocycles. The highest BCUT2D eigenvalue weighted by Gasteiger charge is 2.39. The molecular weight excluding hydrogens is 260 g/mol. The van der Waals surface area contributed by atoms with Gasteiger partial charge in [-0.2, -0.15) is 0 Å². The Morgan fingerprint density at radius 2 is 1.76 bits per heavy atom. The van der Waals surface area contributed by atoms with Crippen molar-refractivity contribution >= 4 is 5.78 Å². The van der Waals surface area contributed by atoms with E-state index in [0.717, 1.165) is 16.9 Å². The third-order valence-electron chi connectivity index (χ3n) is 4.09. The van der Waals surface area contributed by atoms with Crippen LogP contribution in [0.3, 0.4) is 0 Å². The van der Waals surface area contributed by atoms with Crippen molar-refractivity contribution in [1.29, 1.82) is 0 Å². The van der Waals surface area contributed by atoms with E-state index in [1.54, 1.807) is 0 Å². The van der Waals surface area contributed by atoms with Crippen molar-refractivity contribution in [2.24, 2.45) is 5.92 Å². The fourth-order valence-corrected chi connectivity index (χ4v) is 2.98. The van der Waals surface area contributed by atoms with Crippen molar-refractivity contribution in [3.8, 4) is 5.75 Å². The Hall–Kier alpha value is -2.09. The minimum Gasteiger partial charge on any atom is -0.488 e. The molecular formula is C19H20O2. The number of rotatable bonds is 2. The Labute approximate surface area is 125 Å². The van der Waals surface area contributed by atoms with E-state index < -0.39 is 0 Å². The van der Waals surface area contributed by atoms with E-state index in [1.165, 1.54) is 0 Å². The van der Waals surface area contributed by atoms with Gasteiger partial charge in [-0.1, -0.05) is 50.2 Å². The largest absolute Gasteiger partial charge is 0.488 e. The van der Waals surface area contributed by atoms with Crippen molar-refractivity contribution in [3.05, 3.63) is 65.2 Å². The zero-order chi connectivity index (χ0) is 15.0. The number of carbonyl (C=O) groups excluding carboxylic acids is 1. The lowest BCUT2D eigenvalue weighted by Crippen LogP contribution is -2.39. The number of fused-ring (bicyclic) bond motifs is 1. The zero-order valence-corrected chi connectivity index (χ0v) is 12.7. The van der Waals surface area contributed by atoms with Gasteiger partial charge in [0.25, 0.3) is 0 Å². The molecule has 0 spiro atoms. The molecule has 0 N–H and O–H groups in total. The predicted molar refractivity (Wildman–Crippen MR) is 83.9 cm³/mol. The van der Waals surface area contributed by atoms with Crippen molar-refractivity contribution in [3.63, 3.8) is 0 Å². The molecule has 108 valence electrons. The van der Waals surface area contributed by atoms with E-state index in [0.29, 0.717) is 5.56 Å². The molecule has 1 heterocycles. The van der Waals surface area contributed by atoms with Gasteiger partial charge in [0.15, 0.2) is 5.78 Å². The number of carbonyl (C=O) groups is 1. The Balaban J connectivity index is 2.10. The highest BCUT2D eigenvalue weighted by Crippen LogP contribution is 2.39. The quantitative estimate of drug-likeness (QED) is 0.816. The van der Waals surface area contributed by atoms with E-state index >= 15 is 0 Å². The number of hydrogen-bond donors (Lipinski definition) is 0. The molecule has 2 heteroatoms. The number of ether oxygens (including phenoxy) is 1. The molecule has 0 aliphatic carbocycles. The fourth-order valence-electron chi connectivity index (χ4n) is 2.98. The van der Waals surface area contributed by atoms with Crippen LogP contribution in [-0.4, -0.2) is 11.9 Å². The van der Waals surface area contributed by atoms with Crippen LogP contribution in [-0.2, 0) is 0 Å². The van der Waals surface area contributed by atoms with Crippen molar-refractivity contribution < 1.29 is 9.53 Å². The van der Waals surface area contributed by atoms with Gasteiger partial charge in [0.1, 0.15) is 11.9 Å². The first kappa shape index (κ1) is 13.9. The summed E-state index contributed by atoms with van der Waals surface area (Å²) < 4.78 is 6.19. The van der Waals surface area contributed by atoms with Crippen molar-refractivity contribution in [2.75, 3.05) is 0 Å². The smallest absolute Gasteiger partial charge is 0.177 e. The first-order valence-electron chi connectivity index (χ1n) is 7.44.